The average molecular weight is 350 g/mol. The summed E-state index contributed by atoms with van der Waals surface area (Å²) in [7, 11) is 1.60. The van der Waals surface area contributed by atoms with Crippen LogP contribution in [0.2, 0.25) is 0 Å². The highest BCUT2D eigenvalue weighted by atomic mass is 16.1. The molecule has 0 radical (unpaired) electrons. The zero-order valence-electron chi connectivity index (χ0n) is 14.7. The third-order valence-electron chi connectivity index (χ3n) is 4.14. The minimum atomic E-state index is -0.108. The summed E-state index contributed by atoms with van der Waals surface area (Å²) in [5.74, 6) is 0.611. The van der Waals surface area contributed by atoms with Gasteiger partial charge in [0, 0.05) is 37.0 Å². The van der Waals surface area contributed by atoms with Gasteiger partial charge in [-0.25, -0.2) is 14.5 Å². The Labute approximate surface area is 149 Å². The average Bonchev–Trinajstić information content (AvgIpc) is 3.32. The predicted octanol–water partition coefficient (Wildman–Crippen LogP) is 1.14. The largest absolute Gasteiger partial charge is 0.358 e. The first-order valence-corrected chi connectivity index (χ1v) is 8.16. The molecule has 0 fully saturated rings. The third kappa shape index (κ3) is 2.63. The van der Waals surface area contributed by atoms with Gasteiger partial charge in [0.25, 0.3) is 0 Å². The molecule has 4 heterocycles. The van der Waals surface area contributed by atoms with E-state index in [-0.39, 0.29) is 12.5 Å². The Hall–Kier alpha value is -3.49. The van der Waals surface area contributed by atoms with E-state index in [4.69, 9.17) is 0 Å². The molecule has 0 aliphatic rings. The number of hydrogen-bond acceptors (Lipinski definition) is 5. The second kappa shape index (κ2) is 6.10. The van der Waals surface area contributed by atoms with Gasteiger partial charge in [0.1, 0.15) is 12.4 Å². The molecule has 4 rings (SSSR count). The summed E-state index contributed by atoms with van der Waals surface area (Å²) in [6.07, 6.45) is 8.84. The van der Waals surface area contributed by atoms with Crippen LogP contribution in [0.3, 0.4) is 0 Å². The smallest absolute Gasteiger partial charge is 0.241 e. The van der Waals surface area contributed by atoms with Gasteiger partial charge in [-0.1, -0.05) is 0 Å². The van der Waals surface area contributed by atoms with Crippen molar-refractivity contribution in [2.45, 2.75) is 20.4 Å². The van der Waals surface area contributed by atoms with Crippen molar-refractivity contribution in [2.75, 3.05) is 7.05 Å². The van der Waals surface area contributed by atoms with Crippen molar-refractivity contribution in [1.29, 1.82) is 0 Å². The van der Waals surface area contributed by atoms with Gasteiger partial charge in [-0.3, -0.25) is 14.0 Å². The normalized spacial score (nSPS) is 11.2. The lowest BCUT2D eigenvalue weighted by atomic mass is 10.3. The maximum absolute atomic E-state index is 11.5. The molecule has 4 aromatic rings. The van der Waals surface area contributed by atoms with E-state index in [2.05, 4.69) is 25.5 Å². The van der Waals surface area contributed by atoms with Gasteiger partial charge in [-0.05, 0) is 19.9 Å². The van der Waals surface area contributed by atoms with E-state index < -0.39 is 0 Å². The second-order valence-electron chi connectivity index (χ2n) is 6.02. The number of carbonyl (C=O) groups excluding carboxylic acids is 1. The standard InChI is InChI=1S/C17H18N8O/c1-11-6-12(2)25-17(22-11)14(8-21-25)16-19-4-5-24(16)13-7-20-23(9-13)10-15(26)18-3/h4-9H,10H2,1-3H3,(H,18,26). The first-order valence-electron chi connectivity index (χ1n) is 8.16. The van der Waals surface area contributed by atoms with Crippen LogP contribution in [0.5, 0.6) is 0 Å². The molecule has 0 saturated heterocycles. The zero-order valence-corrected chi connectivity index (χ0v) is 14.7. The fraction of sp³-hybridized carbons (Fsp3) is 0.235. The Kier molecular flexibility index (Phi) is 3.76. The SMILES string of the molecule is CNC(=O)Cn1cc(-n2ccnc2-c2cnn3c(C)cc(C)nc23)cn1. The van der Waals surface area contributed by atoms with Crippen LogP contribution in [0.25, 0.3) is 22.7 Å². The van der Waals surface area contributed by atoms with Gasteiger partial charge in [-0.15, -0.1) is 0 Å². The zero-order chi connectivity index (χ0) is 18.3. The van der Waals surface area contributed by atoms with Crippen LogP contribution in [-0.4, -0.2) is 46.9 Å². The van der Waals surface area contributed by atoms with Crippen molar-refractivity contribution < 1.29 is 4.79 Å². The third-order valence-corrected chi connectivity index (χ3v) is 4.14. The van der Waals surface area contributed by atoms with Gasteiger partial charge >= 0.3 is 0 Å². The number of rotatable bonds is 4. The fourth-order valence-corrected chi connectivity index (χ4v) is 2.93. The number of carbonyl (C=O) groups is 1. The van der Waals surface area contributed by atoms with Crippen LogP contribution < -0.4 is 5.32 Å². The van der Waals surface area contributed by atoms with Crippen LogP contribution in [0.1, 0.15) is 11.4 Å². The highest BCUT2D eigenvalue weighted by Gasteiger charge is 2.16. The number of nitrogens with zero attached hydrogens (tertiary/aromatic N) is 7. The lowest BCUT2D eigenvalue weighted by Gasteiger charge is -2.05. The van der Waals surface area contributed by atoms with Crippen molar-refractivity contribution >= 4 is 11.6 Å². The number of fused-ring (bicyclic) bond motifs is 1. The minimum Gasteiger partial charge on any atom is -0.358 e. The number of amides is 1. The molecule has 0 bridgehead atoms. The molecule has 4 aromatic heterocycles. The number of nitrogens with one attached hydrogen (secondary N) is 1. The molecule has 9 heteroatoms. The molecule has 0 aliphatic carbocycles. The molecule has 0 saturated carbocycles. The van der Waals surface area contributed by atoms with Crippen LogP contribution in [0.15, 0.2) is 37.1 Å². The summed E-state index contributed by atoms with van der Waals surface area (Å²) in [5, 5.41) is 11.3. The highest BCUT2D eigenvalue weighted by molar-refractivity contribution is 5.75. The Morgan fingerprint density at radius 3 is 2.88 bits per heavy atom. The topological polar surface area (TPSA) is 94.9 Å². The first kappa shape index (κ1) is 16.0. The van der Waals surface area contributed by atoms with Crippen molar-refractivity contribution in [1.82, 2.24) is 39.2 Å². The molecule has 0 spiro atoms. The van der Waals surface area contributed by atoms with Crippen molar-refractivity contribution in [3.05, 3.63) is 48.4 Å². The summed E-state index contributed by atoms with van der Waals surface area (Å²) in [6.45, 7) is 4.12. The van der Waals surface area contributed by atoms with Gasteiger partial charge < -0.3 is 5.32 Å². The quantitative estimate of drug-likeness (QED) is 0.595. The molecule has 1 N–H and O–H groups in total. The Morgan fingerprint density at radius 2 is 2.08 bits per heavy atom. The summed E-state index contributed by atoms with van der Waals surface area (Å²) in [5.41, 5.74) is 4.34. The molecule has 132 valence electrons. The number of hydrogen-bond donors (Lipinski definition) is 1. The van der Waals surface area contributed by atoms with Crippen LogP contribution in [0, 0.1) is 13.8 Å². The molecule has 9 nitrogen and oxygen atoms in total. The first-order chi connectivity index (χ1) is 12.6. The monoisotopic (exact) mass is 350 g/mol. The molecule has 0 atom stereocenters. The van der Waals surface area contributed by atoms with Crippen molar-refractivity contribution in [3.63, 3.8) is 0 Å². The van der Waals surface area contributed by atoms with E-state index in [9.17, 15) is 4.79 Å². The van der Waals surface area contributed by atoms with Gasteiger partial charge in [0.2, 0.25) is 5.91 Å². The maximum Gasteiger partial charge on any atom is 0.241 e. The fourth-order valence-electron chi connectivity index (χ4n) is 2.93. The highest BCUT2D eigenvalue weighted by Crippen LogP contribution is 2.25. The molecule has 1 amide bonds. The summed E-state index contributed by atoms with van der Waals surface area (Å²) in [4.78, 5) is 20.6. The van der Waals surface area contributed by atoms with E-state index in [1.165, 1.54) is 0 Å². The van der Waals surface area contributed by atoms with Crippen molar-refractivity contribution in [2.24, 2.45) is 0 Å². The number of aromatic nitrogens is 7. The number of imidazole rings is 1. The van der Waals surface area contributed by atoms with E-state index in [0.717, 1.165) is 34.1 Å². The van der Waals surface area contributed by atoms with Crippen LogP contribution in [-0.2, 0) is 11.3 Å². The minimum absolute atomic E-state index is 0.108. The van der Waals surface area contributed by atoms with Crippen LogP contribution >= 0.6 is 0 Å². The van der Waals surface area contributed by atoms with E-state index in [0.29, 0.717) is 0 Å². The lowest BCUT2D eigenvalue weighted by molar-refractivity contribution is -0.121. The van der Waals surface area contributed by atoms with E-state index in [1.54, 1.807) is 41.0 Å². The Morgan fingerprint density at radius 1 is 1.23 bits per heavy atom. The molecular formula is C17H18N8O. The Bertz CT molecular complexity index is 1100. The van der Waals surface area contributed by atoms with E-state index >= 15 is 0 Å². The molecule has 0 aromatic carbocycles. The molecule has 0 aliphatic heterocycles. The van der Waals surface area contributed by atoms with E-state index in [1.807, 2.05) is 30.7 Å². The molecule has 26 heavy (non-hydrogen) atoms. The summed E-state index contributed by atoms with van der Waals surface area (Å²) in [6, 6.07) is 1.99. The predicted molar refractivity (Wildman–Crippen MR) is 94.9 cm³/mol. The number of aryl methyl sites for hydroxylation is 2. The number of likely N-dealkylation sites (N-methyl/N-ethyl adjacent to an activating group) is 1. The van der Waals surface area contributed by atoms with Gasteiger partial charge in [0.15, 0.2) is 5.65 Å². The molecular weight excluding hydrogens is 332 g/mol. The summed E-state index contributed by atoms with van der Waals surface area (Å²) < 4.78 is 5.29. The van der Waals surface area contributed by atoms with Gasteiger partial charge in [-0.2, -0.15) is 10.2 Å². The van der Waals surface area contributed by atoms with Crippen LogP contribution in [0.4, 0.5) is 0 Å². The van der Waals surface area contributed by atoms with Gasteiger partial charge in [0.05, 0.1) is 23.6 Å². The molecule has 0 unspecified atom stereocenters. The van der Waals surface area contributed by atoms with Crippen molar-refractivity contribution in [3.8, 4) is 17.1 Å². The lowest BCUT2D eigenvalue weighted by Crippen LogP contribution is -2.23. The second-order valence-corrected chi connectivity index (χ2v) is 6.02. The summed E-state index contributed by atoms with van der Waals surface area (Å²) >= 11 is 0. The maximum atomic E-state index is 11.5. The Balaban J connectivity index is 1.78.